The van der Waals surface area contributed by atoms with Crippen molar-refractivity contribution < 1.29 is 25.1 Å². The molecule has 126 valence electrons. The smallest absolute Gasteiger partial charge is 0.330 e. The highest BCUT2D eigenvalue weighted by Gasteiger charge is 2.20. The summed E-state index contributed by atoms with van der Waals surface area (Å²) in [5.41, 5.74) is 0. The zero-order valence-electron chi connectivity index (χ0n) is 12.8. The molecule has 0 aromatic rings. The number of unbranched alkanes of at least 4 members (excludes halogenated alkanes) is 5. The van der Waals surface area contributed by atoms with Crippen LogP contribution in [0.3, 0.4) is 0 Å². The van der Waals surface area contributed by atoms with Crippen LogP contribution in [0.2, 0.25) is 0 Å². The molecular weight excluding hydrogens is 288 g/mol. The highest BCUT2D eigenvalue weighted by molar-refractivity contribution is 5.76. The molecule has 0 amide bonds. The van der Waals surface area contributed by atoms with Gasteiger partial charge in [0.15, 0.2) is 0 Å². The van der Waals surface area contributed by atoms with Crippen molar-refractivity contribution in [3.8, 4) is 0 Å². The van der Waals surface area contributed by atoms with E-state index in [1.54, 1.807) is 12.2 Å². The molecule has 0 bridgehead atoms. The molecule has 1 aliphatic rings. The van der Waals surface area contributed by atoms with Crippen LogP contribution in [0.15, 0.2) is 24.4 Å². The van der Waals surface area contributed by atoms with Crippen molar-refractivity contribution in [1.29, 1.82) is 0 Å². The van der Waals surface area contributed by atoms with Crippen LogP contribution < -0.4 is 5.32 Å². The fourth-order valence-electron chi connectivity index (χ4n) is 2.36. The van der Waals surface area contributed by atoms with Gasteiger partial charge in [0.25, 0.3) is 0 Å². The van der Waals surface area contributed by atoms with Gasteiger partial charge in [-0.2, -0.15) is 4.89 Å². The van der Waals surface area contributed by atoms with Gasteiger partial charge in [-0.15, -0.1) is 0 Å². The second-order valence-corrected chi connectivity index (χ2v) is 5.21. The minimum absolute atomic E-state index is 0.180. The third-order valence-corrected chi connectivity index (χ3v) is 3.53. The van der Waals surface area contributed by atoms with Gasteiger partial charge in [-0.1, -0.05) is 42.9 Å². The van der Waals surface area contributed by atoms with E-state index in [1.165, 1.54) is 0 Å². The summed E-state index contributed by atoms with van der Waals surface area (Å²) in [6, 6.07) is -0.527. The number of allylic oxidation sites excluding steroid dienone is 2. The number of nitrogens with one attached hydrogen (secondary N) is 1. The van der Waals surface area contributed by atoms with Crippen LogP contribution in [-0.2, 0) is 14.7 Å². The van der Waals surface area contributed by atoms with Gasteiger partial charge >= 0.3 is 5.97 Å². The zero-order valence-corrected chi connectivity index (χ0v) is 12.8. The minimum Gasteiger partial charge on any atom is -0.479 e. The number of carboxylic acid groups (broad SMARTS) is 1. The number of hydrogen-bond donors (Lipinski definition) is 3. The van der Waals surface area contributed by atoms with Crippen LogP contribution >= 0.6 is 0 Å². The number of aliphatic carboxylic acids is 1. The summed E-state index contributed by atoms with van der Waals surface area (Å²) >= 11 is 0. The summed E-state index contributed by atoms with van der Waals surface area (Å²) in [5.74, 6) is -0.802. The monoisotopic (exact) mass is 314 g/mol. The lowest BCUT2D eigenvalue weighted by Crippen LogP contribution is -2.37. The highest BCUT2D eigenvalue weighted by Crippen LogP contribution is 2.12. The molecule has 0 fully saturated rings. The Balaban J connectivity index is 1.94. The zero-order chi connectivity index (χ0) is 16.0. The van der Waals surface area contributed by atoms with Crippen molar-refractivity contribution in [3.63, 3.8) is 0 Å². The summed E-state index contributed by atoms with van der Waals surface area (Å²) in [6.45, 7) is 1.78. The Hall–Kier alpha value is -1.41. The topological polar surface area (TPSA) is 91.3 Å². The molecule has 3 N–H and O–H groups in total. The lowest BCUT2D eigenvalue weighted by atomic mass is 10.1. The normalized spacial score (nSPS) is 17.1. The number of rotatable bonds is 13. The van der Waals surface area contributed by atoms with E-state index in [-0.39, 0.29) is 6.73 Å². The average molecular weight is 314 g/mol. The summed E-state index contributed by atoms with van der Waals surface area (Å²) in [4.78, 5) is 17.2. The van der Waals surface area contributed by atoms with Crippen molar-refractivity contribution in [2.75, 3.05) is 19.8 Å². The molecule has 0 aromatic heterocycles. The SMILES string of the molecule is O=C(O)C1C=CC=CN1CCCCCCCCNCOOO. The summed E-state index contributed by atoms with van der Waals surface area (Å²) in [6.07, 6.45) is 13.8. The third kappa shape index (κ3) is 8.14. The van der Waals surface area contributed by atoms with E-state index < -0.39 is 12.0 Å². The van der Waals surface area contributed by atoms with Crippen LogP contribution in [0.5, 0.6) is 0 Å². The molecule has 0 saturated heterocycles. The first kappa shape index (κ1) is 18.6. The Bertz CT molecular complexity index is 360. The van der Waals surface area contributed by atoms with Crippen molar-refractivity contribution in [1.82, 2.24) is 10.2 Å². The van der Waals surface area contributed by atoms with Crippen LogP contribution in [0, 0.1) is 0 Å². The molecule has 0 spiro atoms. The van der Waals surface area contributed by atoms with Gasteiger partial charge in [-0.3, -0.25) is 5.32 Å². The molecule has 7 nitrogen and oxygen atoms in total. The van der Waals surface area contributed by atoms with Gasteiger partial charge < -0.3 is 10.0 Å². The molecule has 1 atom stereocenters. The first-order chi connectivity index (χ1) is 10.8. The Morgan fingerprint density at radius 3 is 2.59 bits per heavy atom. The second-order valence-electron chi connectivity index (χ2n) is 5.21. The number of hydrogen-bond acceptors (Lipinski definition) is 6. The van der Waals surface area contributed by atoms with Crippen LogP contribution in [0.1, 0.15) is 38.5 Å². The molecule has 0 saturated carbocycles. The summed E-state index contributed by atoms with van der Waals surface area (Å²) in [7, 11) is 0. The lowest BCUT2D eigenvalue weighted by molar-refractivity contribution is -0.492. The average Bonchev–Trinajstić information content (AvgIpc) is 2.53. The molecule has 1 heterocycles. The Kier molecular flexibility index (Phi) is 10.3. The maximum absolute atomic E-state index is 11.1. The molecule has 1 unspecified atom stereocenters. The van der Waals surface area contributed by atoms with Crippen molar-refractivity contribution in [2.24, 2.45) is 0 Å². The van der Waals surface area contributed by atoms with E-state index in [1.807, 2.05) is 17.2 Å². The molecular formula is C15H26N2O5. The number of carbonyl (C=O) groups is 1. The Morgan fingerprint density at radius 1 is 1.14 bits per heavy atom. The van der Waals surface area contributed by atoms with E-state index in [0.29, 0.717) is 0 Å². The van der Waals surface area contributed by atoms with E-state index >= 15 is 0 Å². The van der Waals surface area contributed by atoms with Crippen LogP contribution in [-0.4, -0.2) is 47.1 Å². The molecule has 0 aromatic carbocycles. The molecule has 22 heavy (non-hydrogen) atoms. The van der Waals surface area contributed by atoms with E-state index in [9.17, 15) is 4.79 Å². The standard InChI is InChI=1S/C15H26N2O5/c18-15(19)14-9-5-8-12-17(14)11-7-4-2-1-3-6-10-16-13-21-22-20/h5,8-9,12,14,16,20H,1-4,6-7,10-11,13H2,(H,18,19). The molecule has 7 heteroatoms. The first-order valence-corrected chi connectivity index (χ1v) is 7.73. The van der Waals surface area contributed by atoms with Gasteiger partial charge in [0, 0.05) is 12.7 Å². The van der Waals surface area contributed by atoms with Gasteiger partial charge in [-0.05, 0) is 25.5 Å². The minimum atomic E-state index is -0.802. The van der Waals surface area contributed by atoms with Gasteiger partial charge in [0.05, 0.1) is 0 Å². The fourth-order valence-corrected chi connectivity index (χ4v) is 2.36. The quantitative estimate of drug-likeness (QED) is 0.208. The largest absolute Gasteiger partial charge is 0.479 e. The van der Waals surface area contributed by atoms with Crippen LogP contribution in [0.25, 0.3) is 0 Å². The number of carboxylic acids is 1. The lowest BCUT2D eigenvalue weighted by Gasteiger charge is -2.27. The van der Waals surface area contributed by atoms with E-state index in [0.717, 1.165) is 51.6 Å². The van der Waals surface area contributed by atoms with Crippen molar-refractivity contribution >= 4 is 5.97 Å². The third-order valence-electron chi connectivity index (χ3n) is 3.53. The van der Waals surface area contributed by atoms with Gasteiger partial charge in [0.1, 0.15) is 12.8 Å². The van der Waals surface area contributed by atoms with Gasteiger partial charge in [0.2, 0.25) is 0 Å². The molecule has 1 aliphatic heterocycles. The fraction of sp³-hybridized carbons (Fsp3) is 0.667. The van der Waals surface area contributed by atoms with Crippen LogP contribution in [0.4, 0.5) is 0 Å². The molecule has 1 rings (SSSR count). The number of nitrogens with zero attached hydrogens (tertiary/aromatic N) is 1. The van der Waals surface area contributed by atoms with Crippen molar-refractivity contribution in [3.05, 3.63) is 24.4 Å². The van der Waals surface area contributed by atoms with Crippen molar-refractivity contribution in [2.45, 2.75) is 44.6 Å². The molecule has 0 radical (unpaired) electrons. The van der Waals surface area contributed by atoms with E-state index in [2.05, 4.69) is 15.2 Å². The predicted octanol–water partition coefficient (Wildman–Crippen LogP) is 2.13. The Morgan fingerprint density at radius 2 is 1.86 bits per heavy atom. The van der Waals surface area contributed by atoms with E-state index in [4.69, 9.17) is 10.4 Å². The maximum Gasteiger partial charge on any atom is 0.330 e. The van der Waals surface area contributed by atoms with Gasteiger partial charge in [-0.25, -0.2) is 10.1 Å². The maximum atomic E-state index is 11.1. The highest BCUT2D eigenvalue weighted by atomic mass is 17.5. The predicted molar refractivity (Wildman–Crippen MR) is 81.8 cm³/mol. The summed E-state index contributed by atoms with van der Waals surface area (Å²) < 4.78 is 0. The Labute approximate surface area is 131 Å². The second kappa shape index (κ2) is 12.2. The summed E-state index contributed by atoms with van der Waals surface area (Å²) in [5, 5.41) is 23.5. The first-order valence-electron chi connectivity index (χ1n) is 7.73. The molecule has 0 aliphatic carbocycles.